The molecule has 0 bridgehead atoms. The van der Waals surface area contributed by atoms with E-state index < -0.39 is 0 Å². The highest BCUT2D eigenvalue weighted by Gasteiger charge is 2.10. The first-order chi connectivity index (χ1) is 9.69. The van der Waals surface area contributed by atoms with Crippen molar-refractivity contribution in [1.29, 1.82) is 0 Å². The van der Waals surface area contributed by atoms with E-state index in [1.165, 1.54) is 5.56 Å². The van der Waals surface area contributed by atoms with Crippen LogP contribution in [0.15, 0.2) is 48.5 Å². The third-order valence-electron chi connectivity index (χ3n) is 3.51. The molecule has 0 aliphatic rings. The van der Waals surface area contributed by atoms with Gasteiger partial charge in [0.2, 0.25) is 0 Å². The summed E-state index contributed by atoms with van der Waals surface area (Å²) in [6.07, 6.45) is 3.07. The standard InChI is InChI=1S/C17H19Cl2N/c1-20-16(10-7-13-5-3-2-4-6-13)11-14-8-9-15(18)12-17(14)19/h2-6,8-9,12,16,20H,7,10-11H2,1H3. The number of likely N-dealkylation sites (N-methyl/N-ethyl adjacent to an activating group) is 1. The largest absolute Gasteiger partial charge is 0.317 e. The fourth-order valence-corrected chi connectivity index (χ4v) is 2.77. The van der Waals surface area contributed by atoms with Crippen molar-refractivity contribution in [2.75, 3.05) is 7.05 Å². The summed E-state index contributed by atoms with van der Waals surface area (Å²) < 4.78 is 0. The van der Waals surface area contributed by atoms with Crippen LogP contribution in [0.2, 0.25) is 10.0 Å². The third kappa shape index (κ3) is 4.52. The predicted molar refractivity (Wildman–Crippen MR) is 87.8 cm³/mol. The van der Waals surface area contributed by atoms with Crippen LogP contribution in [0.3, 0.4) is 0 Å². The van der Waals surface area contributed by atoms with Crippen molar-refractivity contribution in [2.24, 2.45) is 0 Å². The fraction of sp³-hybridized carbons (Fsp3) is 0.294. The SMILES string of the molecule is CNC(CCc1ccccc1)Cc1ccc(Cl)cc1Cl. The quantitative estimate of drug-likeness (QED) is 0.811. The molecule has 2 aromatic rings. The average Bonchev–Trinajstić information content (AvgIpc) is 2.46. The molecular formula is C17H19Cl2N. The molecule has 3 heteroatoms. The van der Waals surface area contributed by atoms with Gasteiger partial charge in [-0.1, -0.05) is 59.6 Å². The molecule has 0 spiro atoms. The minimum absolute atomic E-state index is 0.411. The number of halogens is 2. The zero-order valence-electron chi connectivity index (χ0n) is 11.6. The summed E-state index contributed by atoms with van der Waals surface area (Å²) in [6, 6.07) is 16.7. The summed E-state index contributed by atoms with van der Waals surface area (Å²) in [5.74, 6) is 0. The van der Waals surface area contributed by atoms with Crippen molar-refractivity contribution < 1.29 is 0 Å². The Morgan fingerprint density at radius 3 is 2.45 bits per heavy atom. The summed E-state index contributed by atoms with van der Waals surface area (Å²) in [6.45, 7) is 0. The highest BCUT2D eigenvalue weighted by Crippen LogP contribution is 2.22. The molecule has 0 aliphatic carbocycles. The summed E-state index contributed by atoms with van der Waals surface area (Å²) in [5.41, 5.74) is 2.51. The van der Waals surface area contributed by atoms with Gasteiger partial charge in [-0.05, 0) is 49.6 Å². The Bertz CT molecular complexity index is 540. The first-order valence-electron chi connectivity index (χ1n) is 6.84. The number of hydrogen-bond acceptors (Lipinski definition) is 1. The monoisotopic (exact) mass is 307 g/mol. The average molecular weight is 308 g/mol. The van der Waals surface area contributed by atoms with Gasteiger partial charge in [0, 0.05) is 16.1 Å². The first-order valence-corrected chi connectivity index (χ1v) is 7.59. The van der Waals surface area contributed by atoms with Crippen molar-refractivity contribution in [1.82, 2.24) is 5.32 Å². The van der Waals surface area contributed by atoms with Gasteiger partial charge in [-0.25, -0.2) is 0 Å². The number of aryl methyl sites for hydroxylation is 1. The molecule has 2 aromatic carbocycles. The van der Waals surface area contributed by atoms with Gasteiger partial charge >= 0.3 is 0 Å². The minimum Gasteiger partial charge on any atom is -0.317 e. The van der Waals surface area contributed by atoms with Gasteiger partial charge in [0.05, 0.1) is 0 Å². The van der Waals surface area contributed by atoms with Gasteiger partial charge in [0.1, 0.15) is 0 Å². The van der Waals surface area contributed by atoms with Gasteiger partial charge in [0.25, 0.3) is 0 Å². The molecule has 1 unspecified atom stereocenters. The number of nitrogens with one attached hydrogen (secondary N) is 1. The van der Waals surface area contributed by atoms with E-state index in [4.69, 9.17) is 23.2 Å². The second-order valence-corrected chi connectivity index (χ2v) is 5.79. The lowest BCUT2D eigenvalue weighted by atomic mass is 9.99. The van der Waals surface area contributed by atoms with Gasteiger partial charge in [-0.2, -0.15) is 0 Å². The second-order valence-electron chi connectivity index (χ2n) is 4.95. The molecule has 20 heavy (non-hydrogen) atoms. The molecule has 0 aliphatic heterocycles. The molecule has 2 rings (SSSR count). The van der Waals surface area contributed by atoms with Crippen molar-refractivity contribution >= 4 is 23.2 Å². The minimum atomic E-state index is 0.411. The third-order valence-corrected chi connectivity index (χ3v) is 4.10. The molecule has 106 valence electrons. The van der Waals surface area contributed by atoms with E-state index in [1.807, 2.05) is 31.3 Å². The molecule has 0 aromatic heterocycles. The summed E-state index contributed by atoms with van der Waals surface area (Å²) in [7, 11) is 2.00. The normalized spacial score (nSPS) is 12.3. The topological polar surface area (TPSA) is 12.0 Å². The smallest absolute Gasteiger partial charge is 0.0453 e. The van der Waals surface area contributed by atoms with Crippen LogP contribution in [0.4, 0.5) is 0 Å². The molecule has 0 saturated heterocycles. The summed E-state index contributed by atoms with van der Waals surface area (Å²) in [5, 5.41) is 4.80. The molecule has 1 N–H and O–H groups in total. The van der Waals surface area contributed by atoms with Gasteiger partial charge < -0.3 is 5.32 Å². The van der Waals surface area contributed by atoms with E-state index in [2.05, 4.69) is 29.6 Å². The maximum absolute atomic E-state index is 6.24. The van der Waals surface area contributed by atoms with Crippen LogP contribution in [0.1, 0.15) is 17.5 Å². The fourth-order valence-electron chi connectivity index (χ4n) is 2.29. The van der Waals surface area contributed by atoms with Crippen LogP contribution in [-0.2, 0) is 12.8 Å². The van der Waals surface area contributed by atoms with Crippen LogP contribution in [0.25, 0.3) is 0 Å². The lowest BCUT2D eigenvalue weighted by molar-refractivity contribution is 0.520. The highest BCUT2D eigenvalue weighted by atomic mass is 35.5. The van der Waals surface area contributed by atoms with Crippen LogP contribution in [0.5, 0.6) is 0 Å². The zero-order chi connectivity index (χ0) is 14.4. The van der Waals surface area contributed by atoms with Crippen molar-refractivity contribution in [2.45, 2.75) is 25.3 Å². The van der Waals surface area contributed by atoms with Crippen LogP contribution in [-0.4, -0.2) is 13.1 Å². The van der Waals surface area contributed by atoms with Crippen LogP contribution < -0.4 is 5.32 Å². The Labute approximate surface area is 130 Å². The number of hydrogen-bond donors (Lipinski definition) is 1. The van der Waals surface area contributed by atoms with E-state index in [1.54, 1.807) is 0 Å². The molecule has 0 amide bonds. The van der Waals surface area contributed by atoms with E-state index in [0.717, 1.165) is 29.8 Å². The van der Waals surface area contributed by atoms with Gasteiger partial charge in [0.15, 0.2) is 0 Å². The molecule has 0 heterocycles. The second kappa shape index (κ2) is 7.68. The molecule has 1 atom stereocenters. The summed E-state index contributed by atoms with van der Waals surface area (Å²) in [4.78, 5) is 0. The molecule has 1 nitrogen and oxygen atoms in total. The van der Waals surface area contributed by atoms with E-state index in [-0.39, 0.29) is 0 Å². The summed E-state index contributed by atoms with van der Waals surface area (Å²) >= 11 is 12.2. The van der Waals surface area contributed by atoms with E-state index in [9.17, 15) is 0 Å². The molecule has 0 radical (unpaired) electrons. The molecule has 0 saturated carbocycles. The maximum Gasteiger partial charge on any atom is 0.0453 e. The van der Waals surface area contributed by atoms with Crippen LogP contribution >= 0.6 is 23.2 Å². The van der Waals surface area contributed by atoms with Crippen molar-refractivity contribution in [3.8, 4) is 0 Å². The predicted octanol–water partition coefficient (Wildman–Crippen LogP) is 4.76. The highest BCUT2D eigenvalue weighted by molar-refractivity contribution is 6.35. The molecule has 0 fully saturated rings. The van der Waals surface area contributed by atoms with Gasteiger partial charge in [-0.15, -0.1) is 0 Å². The first kappa shape index (κ1) is 15.4. The van der Waals surface area contributed by atoms with Crippen molar-refractivity contribution in [3.63, 3.8) is 0 Å². The molecular weight excluding hydrogens is 289 g/mol. The lowest BCUT2D eigenvalue weighted by Crippen LogP contribution is -2.28. The Hall–Kier alpha value is -1.02. The Morgan fingerprint density at radius 1 is 1.05 bits per heavy atom. The van der Waals surface area contributed by atoms with Crippen LogP contribution in [0, 0.1) is 0 Å². The maximum atomic E-state index is 6.24. The van der Waals surface area contributed by atoms with Gasteiger partial charge in [-0.3, -0.25) is 0 Å². The van der Waals surface area contributed by atoms with E-state index in [0.29, 0.717) is 11.1 Å². The Kier molecular flexibility index (Phi) is 5.90. The van der Waals surface area contributed by atoms with E-state index >= 15 is 0 Å². The Balaban J connectivity index is 1.95. The number of rotatable bonds is 6. The Morgan fingerprint density at radius 2 is 1.80 bits per heavy atom. The lowest BCUT2D eigenvalue weighted by Gasteiger charge is -2.17. The van der Waals surface area contributed by atoms with Crippen molar-refractivity contribution in [3.05, 3.63) is 69.7 Å². The zero-order valence-corrected chi connectivity index (χ0v) is 13.1. The number of benzene rings is 2.